The van der Waals surface area contributed by atoms with Crippen LogP contribution in [0.5, 0.6) is 0 Å². The molecule has 4 aromatic heterocycles. The second-order valence-electron chi connectivity index (χ2n) is 11.6. The van der Waals surface area contributed by atoms with Crippen LogP contribution >= 0.6 is 15.9 Å². The van der Waals surface area contributed by atoms with E-state index in [2.05, 4.69) is 80.7 Å². The number of nitrogens with zero attached hydrogens (tertiary/aromatic N) is 6. The molecule has 0 radical (unpaired) electrons. The van der Waals surface area contributed by atoms with Gasteiger partial charge in [-0.05, 0) is 28.0 Å². The minimum atomic E-state index is -1.13. The molecular weight excluding hydrogens is 598 g/mol. The third kappa shape index (κ3) is 9.79. The van der Waals surface area contributed by atoms with Crippen molar-refractivity contribution >= 4 is 65.7 Å². The maximum Gasteiger partial charge on any atom is 0.409 e. The quantitative estimate of drug-likeness (QED) is 0.144. The van der Waals surface area contributed by atoms with E-state index in [1.165, 1.54) is 12.2 Å². The van der Waals surface area contributed by atoms with E-state index >= 15 is 0 Å². The maximum absolute atomic E-state index is 10.8. The van der Waals surface area contributed by atoms with E-state index in [-0.39, 0.29) is 0 Å². The first-order chi connectivity index (χ1) is 18.3. The van der Waals surface area contributed by atoms with Crippen molar-refractivity contribution in [2.75, 3.05) is 18.5 Å². The SMILES string of the molecule is C[Si](C)(C)CCOCn1ncc2cncc(Br)c21.C[Si](C)(C)CCOCn1ncc2cncc(NC(=O)O)c21. The Hall–Kier alpha value is -2.66. The molecule has 0 bridgehead atoms. The summed E-state index contributed by atoms with van der Waals surface area (Å²) >= 11 is 3.50. The first kappa shape index (κ1) is 30.9. The summed E-state index contributed by atoms with van der Waals surface area (Å²) in [5, 5.41) is 21.5. The molecule has 4 aromatic rings. The third-order valence-corrected chi connectivity index (χ3v) is 9.69. The van der Waals surface area contributed by atoms with Crippen molar-refractivity contribution in [1.82, 2.24) is 29.5 Å². The molecule has 0 aliphatic carbocycles. The average Bonchev–Trinajstić information content (AvgIpc) is 3.44. The number of fused-ring (bicyclic) bond motifs is 2. The van der Waals surface area contributed by atoms with E-state index in [1.807, 2.05) is 17.1 Å². The van der Waals surface area contributed by atoms with Gasteiger partial charge in [0.05, 0.1) is 39.8 Å². The molecule has 11 nitrogen and oxygen atoms in total. The molecule has 0 saturated heterocycles. The predicted octanol–water partition coefficient (Wildman–Crippen LogP) is 6.34. The summed E-state index contributed by atoms with van der Waals surface area (Å²) in [6.45, 7) is 16.2. The van der Waals surface area contributed by atoms with Crippen LogP contribution in [0.4, 0.5) is 10.5 Å². The second-order valence-corrected chi connectivity index (χ2v) is 23.7. The van der Waals surface area contributed by atoms with Gasteiger partial charge < -0.3 is 14.6 Å². The Balaban J connectivity index is 0.000000218. The van der Waals surface area contributed by atoms with Gasteiger partial charge in [-0.25, -0.2) is 14.2 Å². The van der Waals surface area contributed by atoms with E-state index in [0.717, 1.165) is 33.4 Å². The van der Waals surface area contributed by atoms with Crippen molar-refractivity contribution in [1.29, 1.82) is 0 Å². The predicted molar refractivity (Wildman–Crippen MR) is 163 cm³/mol. The fourth-order valence-corrected chi connectivity index (χ4v) is 5.57. The lowest BCUT2D eigenvalue weighted by molar-refractivity contribution is 0.0816. The van der Waals surface area contributed by atoms with E-state index in [4.69, 9.17) is 14.6 Å². The minimum Gasteiger partial charge on any atom is -0.465 e. The van der Waals surface area contributed by atoms with Crippen LogP contribution < -0.4 is 5.32 Å². The van der Waals surface area contributed by atoms with Crippen LogP contribution in [0.1, 0.15) is 0 Å². The van der Waals surface area contributed by atoms with Crippen LogP contribution in [0.15, 0.2) is 41.7 Å². The Bertz CT molecular complexity index is 1380. The fraction of sp³-hybridized carbons (Fsp3) is 0.480. The molecule has 0 saturated carbocycles. The monoisotopic (exact) mass is 635 g/mol. The summed E-state index contributed by atoms with van der Waals surface area (Å²) in [7, 11) is -2.14. The molecule has 39 heavy (non-hydrogen) atoms. The lowest BCUT2D eigenvalue weighted by Crippen LogP contribution is -2.22. The summed E-state index contributed by atoms with van der Waals surface area (Å²) in [5.74, 6) is 0. The zero-order chi connectivity index (χ0) is 28.6. The maximum atomic E-state index is 10.8. The summed E-state index contributed by atoms with van der Waals surface area (Å²) in [5.41, 5.74) is 2.13. The van der Waals surface area contributed by atoms with Crippen LogP contribution in [-0.2, 0) is 22.9 Å². The number of amides is 1. The number of hydrogen-bond acceptors (Lipinski definition) is 7. The fourth-order valence-electron chi connectivity index (χ4n) is 3.50. The molecule has 0 unspecified atom stereocenters. The Morgan fingerprint density at radius 2 is 1.31 bits per heavy atom. The van der Waals surface area contributed by atoms with Crippen molar-refractivity contribution in [3.63, 3.8) is 0 Å². The molecule has 4 heterocycles. The van der Waals surface area contributed by atoms with Gasteiger partial charge >= 0.3 is 6.09 Å². The van der Waals surface area contributed by atoms with E-state index < -0.39 is 22.2 Å². The number of hydrogen-bond donors (Lipinski definition) is 2. The van der Waals surface area contributed by atoms with Gasteiger partial charge in [0.15, 0.2) is 0 Å². The lowest BCUT2D eigenvalue weighted by atomic mass is 10.3. The standard InChI is InChI=1S/C13H20N4O3Si.C12H18BrN3OSi/c1-21(2,3)5-4-20-9-17-12-10(7-15-17)6-14-8-11(12)16-13(18)19;1-18(2,3)5-4-17-9-16-12-10(7-15-16)6-14-8-11(12)13/h6-8,16H,4-5,9H2,1-3H3,(H,18,19);6-8H,4-5,9H2,1-3H3. The molecule has 0 atom stereocenters. The van der Waals surface area contributed by atoms with Crippen molar-refractivity contribution in [3.8, 4) is 0 Å². The van der Waals surface area contributed by atoms with Crippen molar-refractivity contribution in [3.05, 3.63) is 41.7 Å². The zero-order valence-corrected chi connectivity index (χ0v) is 27.0. The molecule has 0 aliphatic heterocycles. The number of carbonyl (C=O) groups is 1. The molecule has 1 amide bonds. The molecule has 0 aliphatic rings. The van der Waals surface area contributed by atoms with E-state index in [1.54, 1.807) is 23.3 Å². The summed E-state index contributed by atoms with van der Waals surface area (Å²) in [4.78, 5) is 18.9. The number of carboxylic acid groups (broad SMARTS) is 1. The minimum absolute atomic E-state index is 0.298. The van der Waals surface area contributed by atoms with Crippen LogP contribution in [0.2, 0.25) is 51.4 Å². The lowest BCUT2D eigenvalue weighted by Gasteiger charge is -2.15. The summed E-state index contributed by atoms with van der Waals surface area (Å²) in [6.07, 6.45) is 9.04. The zero-order valence-electron chi connectivity index (χ0n) is 23.4. The molecule has 212 valence electrons. The third-order valence-electron chi connectivity index (χ3n) is 5.70. The molecule has 2 N–H and O–H groups in total. The first-order valence-electron chi connectivity index (χ1n) is 12.7. The topological polar surface area (TPSA) is 129 Å². The van der Waals surface area contributed by atoms with E-state index in [0.29, 0.717) is 31.3 Å². The summed E-state index contributed by atoms with van der Waals surface area (Å²) < 4.78 is 15.8. The highest BCUT2D eigenvalue weighted by Crippen LogP contribution is 2.23. The number of halogens is 1. The number of nitrogens with one attached hydrogen (secondary N) is 1. The molecule has 0 fully saturated rings. The van der Waals surface area contributed by atoms with Crippen LogP contribution in [0.3, 0.4) is 0 Å². The van der Waals surface area contributed by atoms with Crippen LogP contribution in [0.25, 0.3) is 21.8 Å². The molecular formula is C25H38BrN7O4Si2. The van der Waals surface area contributed by atoms with Gasteiger partial charge in [0.2, 0.25) is 0 Å². The summed E-state index contributed by atoms with van der Waals surface area (Å²) in [6, 6.07) is 2.25. The van der Waals surface area contributed by atoms with Gasteiger partial charge in [-0.3, -0.25) is 15.3 Å². The van der Waals surface area contributed by atoms with Crippen LogP contribution in [-0.4, -0.2) is 70.1 Å². The Morgan fingerprint density at radius 1 is 0.821 bits per heavy atom. The van der Waals surface area contributed by atoms with Gasteiger partial charge in [-0.15, -0.1) is 0 Å². The van der Waals surface area contributed by atoms with Crippen molar-refractivity contribution < 1.29 is 19.4 Å². The highest BCUT2D eigenvalue weighted by molar-refractivity contribution is 9.10. The first-order valence-corrected chi connectivity index (χ1v) is 20.9. The number of ether oxygens (including phenoxy) is 2. The Labute approximate surface area is 239 Å². The number of anilines is 1. The number of rotatable bonds is 11. The van der Waals surface area contributed by atoms with Gasteiger partial charge in [0.1, 0.15) is 13.5 Å². The van der Waals surface area contributed by atoms with Crippen molar-refractivity contribution in [2.45, 2.75) is 64.8 Å². The average molecular weight is 637 g/mol. The number of pyridine rings is 2. The van der Waals surface area contributed by atoms with Gasteiger partial charge in [-0.2, -0.15) is 10.2 Å². The molecule has 0 spiro atoms. The molecule has 4 rings (SSSR count). The number of aromatic nitrogens is 6. The smallest absolute Gasteiger partial charge is 0.409 e. The normalized spacial score (nSPS) is 12.0. The van der Waals surface area contributed by atoms with Gasteiger partial charge in [0.25, 0.3) is 0 Å². The van der Waals surface area contributed by atoms with Crippen LogP contribution in [0, 0.1) is 0 Å². The van der Waals surface area contributed by atoms with Gasteiger partial charge in [-0.1, -0.05) is 39.3 Å². The van der Waals surface area contributed by atoms with Crippen molar-refractivity contribution in [2.24, 2.45) is 0 Å². The van der Waals surface area contributed by atoms with Gasteiger partial charge in [0, 0.05) is 58.7 Å². The molecule has 14 heteroatoms. The second kappa shape index (κ2) is 13.6. The van der Waals surface area contributed by atoms with E-state index in [9.17, 15) is 4.79 Å². The largest absolute Gasteiger partial charge is 0.465 e. The highest BCUT2D eigenvalue weighted by atomic mass is 79.9. The Kier molecular flexibility index (Phi) is 10.8. The highest BCUT2D eigenvalue weighted by Gasteiger charge is 2.14. The molecule has 0 aromatic carbocycles. The Morgan fingerprint density at radius 3 is 1.82 bits per heavy atom.